The average molecular weight is 300 g/mol. The van der Waals surface area contributed by atoms with Crippen LogP contribution in [0.1, 0.15) is 5.56 Å². The molecule has 0 atom stereocenters. The first-order valence-corrected chi connectivity index (χ1v) is 6.95. The quantitative estimate of drug-likeness (QED) is 0.900. The van der Waals surface area contributed by atoms with E-state index in [1.807, 2.05) is 0 Å². The molecular formula is C12H10F2N2O3S. The maximum atomic E-state index is 13.9. The first-order valence-electron chi connectivity index (χ1n) is 5.47. The molecule has 2 rings (SSSR count). The van der Waals surface area contributed by atoms with Crippen molar-refractivity contribution < 1.29 is 22.3 Å². The number of nitrogens with one attached hydrogen (secondary N) is 1. The van der Waals surface area contributed by atoms with Gasteiger partial charge in [0.1, 0.15) is 16.5 Å². The third-order valence-electron chi connectivity index (χ3n) is 2.50. The van der Waals surface area contributed by atoms with Crippen LogP contribution in [0.25, 0.3) is 0 Å². The van der Waals surface area contributed by atoms with Gasteiger partial charge < -0.3 is 5.11 Å². The lowest BCUT2D eigenvalue weighted by atomic mass is 10.2. The van der Waals surface area contributed by atoms with Gasteiger partial charge in [0.2, 0.25) is 0 Å². The summed E-state index contributed by atoms with van der Waals surface area (Å²) < 4.78 is 53.2. The lowest BCUT2D eigenvalue weighted by molar-refractivity contribution is 0.267. The number of nitrogens with zero attached hydrogens (tertiary/aromatic N) is 1. The second kappa shape index (κ2) is 5.51. The van der Waals surface area contributed by atoms with E-state index in [4.69, 9.17) is 5.11 Å². The molecule has 0 bridgehead atoms. The minimum Gasteiger partial charge on any atom is -0.391 e. The summed E-state index contributed by atoms with van der Waals surface area (Å²) in [5, 5.41) is 8.87. The van der Waals surface area contributed by atoms with Gasteiger partial charge in [0.25, 0.3) is 10.0 Å². The minimum absolute atomic E-state index is 0.00164. The summed E-state index contributed by atoms with van der Waals surface area (Å²) in [6.07, 6.45) is 1.36. The normalized spacial score (nSPS) is 11.3. The number of halogens is 2. The minimum atomic E-state index is -4.26. The highest BCUT2D eigenvalue weighted by Gasteiger charge is 2.23. The number of aliphatic hydroxyl groups excluding tert-OH is 1. The molecule has 1 aromatic carbocycles. The highest BCUT2D eigenvalue weighted by Crippen LogP contribution is 2.22. The second-order valence-corrected chi connectivity index (χ2v) is 5.47. The molecule has 0 aliphatic heterocycles. The summed E-state index contributed by atoms with van der Waals surface area (Å²) in [7, 11) is -4.26. The summed E-state index contributed by atoms with van der Waals surface area (Å²) >= 11 is 0. The van der Waals surface area contributed by atoms with Crippen LogP contribution in [-0.4, -0.2) is 18.5 Å². The van der Waals surface area contributed by atoms with E-state index >= 15 is 0 Å². The highest BCUT2D eigenvalue weighted by atomic mass is 32.2. The Morgan fingerprint density at radius 3 is 2.55 bits per heavy atom. The fourth-order valence-electron chi connectivity index (χ4n) is 1.54. The molecule has 2 aromatic rings. The largest absolute Gasteiger partial charge is 0.391 e. The van der Waals surface area contributed by atoms with Crippen molar-refractivity contribution in [1.29, 1.82) is 0 Å². The van der Waals surface area contributed by atoms with Gasteiger partial charge in [-0.25, -0.2) is 22.2 Å². The van der Waals surface area contributed by atoms with Gasteiger partial charge in [0.05, 0.1) is 12.2 Å². The first-order chi connectivity index (χ1) is 9.45. The number of rotatable bonds is 4. The van der Waals surface area contributed by atoms with Crippen molar-refractivity contribution in [2.75, 3.05) is 4.72 Å². The Morgan fingerprint density at radius 1 is 1.20 bits per heavy atom. The maximum absolute atomic E-state index is 13.9. The number of anilines is 1. The fourth-order valence-corrected chi connectivity index (χ4v) is 2.66. The molecule has 2 N–H and O–H groups in total. The van der Waals surface area contributed by atoms with E-state index in [9.17, 15) is 17.2 Å². The van der Waals surface area contributed by atoms with E-state index in [1.54, 1.807) is 12.1 Å². The molecule has 0 fully saturated rings. The van der Waals surface area contributed by atoms with Crippen LogP contribution in [0.4, 0.5) is 14.6 Å². The van der Waals surface area contributed by atoms with E-state index < -0.39 is 38.7 Å². The van der Waals surface area contributed by atoms with Crippen molar-refractivity contribution >= 4 is 15.8 Å². The molecule has 0 spiro atoms. The first kappa shape index (κ1) is 14.4. The molecule has 0 radical (unpaired) electrons. The Kier molecular flexibility index (Phi) is 3.96. The molecule has 0 aliphatic rings. The van der Waals surface area contributed by atoms with E-state index in [1.165, 1.54) is 12.3 Å². The highest BCUT2D eigenvalue weighted by molar-refractivity contribution is 7.92. The number of hydrogen-bond donors (Lipinski definition) is 2. The summed E-state index contributed by atoms with van der Waals surface area (Å²) in [4.78, 5) is 2.99. The lowest BCUT2D eigenvalue weighted by Crippen LogP contribution is -2.16. The van der Waals surface area contributed by atoms with E-state index in [-0.39, 0.29) is 5.82 Å². The Morgan fingerprint density at radius 2 is 1.95 bits per heavy atom. The third-order valence-corrected chi connectivity index (χ3v) is 3.87. The Bertz CT molecular complexity index is 721. The van der Waals surface area contributed by atoms with Gasteiger partial charge in [-0.2, -0.15) is 0 Å². The van der Waals surface area contributed by atoms with Crippen LogP contribution in [0.5, 0.6) is 0 Å². The van der Waals surface area contributed by atoms with Crippen molar-refractivity contribution in [3.05, 3.63) is 53.7 Å². The number of aliphatic hydroxyl groups is 1. The summed E-state index contributed by atoms with van der Waals surface area (Å²) in [5.41, 5.74) is -0.700. The van der Waals surface area contributed by atoms with Gasteiger partial charge in [-0.3, -0.25) is 4.72 Å². The second-order valence-electron chi connectivity index (χ2n) is 3.82. The molecule has 0 unspecified atom stereocenters. The molecule has 0 aliphatic carbocycles. The molecule has 1 heterocycles. The third kappa shape index (κ3) is 2.75. The standard InChI is InChI=1S/C12H10F2N2O3S/c13-9-4-5-10(12(14)8(9)7-17)20(18,19)16-11-3-1-2-6-15-11/h1-6,17H,7H2,(H,15,16). The number of aromatic nitrogens is 1. The molecule has 0 amide bonds. The van der Waals surface area contributed by atoms with E-state index in [2.05, 4.69) is 9.71 Å². The Labute approximate surface area is 114 Å². The smallest absolute Gasteiger partial charge is 0.265 e. The van der Waals surface area contributed by atoms with Crippen LogP contribution >= 0.6 is 0 Å². The van der Waals surface area contributed by atoms with Gasteiger partial charge in [-0.15, -0.1) is 0 Å². The number of sulfonamides is 1. The zero-order chi connectivity index (χ0) is 14.8. The van der Waals surface area contributed by atoms with E-state index in [0.29, 0.717) is 0 Å². The van der Waals surface area contributed by atoms with Crippen molar-refractivity contribution in [3.63, 3.8) is 0 Å². The SMILES string of the molecule is O=S(=O)(Nc1ccccn1)c1ccc(F)c(CO)c1F. The van der Waals surface area contributed by atoms with Crippen LogP contribution in [0, 0.1) is 11.6 Å². The van der Waals surface area contributed by atoms with Crippen molar-refractivity contribution in [2.24, 2.45) is 0 Å². The molecule has 20 heavy (non-hydrogen) atoms. The van der Waals surface area contributed by atoms with Crippen LogP contribution < -0.4 is 4.72 Å². The molecule has 0 saturated heterocycles. The van der Waals surface area contributed by atoms with Gasteiger partial charge in [0, 0.05) is 6.20 Å². The molecule has 106 valence electrons. The number of hydrogen-bond acceptors (Lipinski definition) is 4. The molecule has 1 aromatic heterocycles. The van der Waals surface area contributed by atoms with Crippen LogP contribution in [0.2, 0.25) is 0 Å². The Balaban J connectivity index is 2.45. The summed E-state index contributed by atoms with van der Waals surface area (Å²) in [5.74, 6) is -2.33. The van der Waals surface area contributed by atoms with Crippen molar-refractivity contribution in [2.45, 2.75) is 11.5 Å². The summed E-state index contributed by atoms with van der Waals surface area (Å²) in [6, 6.07) is 6.08. The van der Waals surface area contributed by atoms with Gasteiger partial charge >= 0.3 is 0 Å². The average Bonchev–Trinajstić information content (AvgIpc) is 2.39. The van der Waals surface area contributed by atoms with Crippen LogP contribution in [-0.2, 0) is 16.6 Å². The van der Waals surface area contributed by atoms with Gasteiger partial charge in [0.15, 0.2) is 5.82 Å². The van der Waals surface area contributed by atoms with Gasteiger partial charge in [-0.1, -0.05) is 6.07 Å². The fraction of sp³-hybridized carbons (Fsp3) is 0.0833. The van der Waals surface area contributed by atoms with Crippen molar-refractivity contribution in [3.8, 4) is 0 Å². The molecule has 8 heteroatoms. The number of benzene rings is 1. The zero-order valence-corrected chi connectivity index (χ0v) is 10.9. The maximum Gasteiger partial charge on any atom is 0.265 e. The summed E-state index contributed by atoms with van der Waals surface area (Å²) in [6.45, 7) is -0.940. The Hall–Kier alpha value is -2.06. The van der Waals surface area contributed by atoms with E-state index in [0.717, 1.165) is 12.1 Å². The predicted molar refractivity (Wildman–Crippen MR) is 67.3 cm³/mol. The molecule has 5 nitrogen and oxygen atoms in total. The lowest BCUT2D eigenvalue weighted by Gasteiger charge is -2.10. The molecule has 0 saturated carbocycles. The van der Waals surface area contributed by atoms with Crippen molar-refractivity contribution in [1.82, 2.24) is 4.98 Å². The number of pyridine rings is 1. The van der Waals surface area contributed by atoms with Crippen LogP contribution in [0.3, 0.4) is 0 Å². The van der Waals surface area contributed by atoms with Gasteiger partial charge in [-0.05, 0) is 24.3 Å². The topological polar surface area (TPSA) is 79.3 Å². The van der Waals surface area contributed by atoms with Crippen LogP contribution in [0.15, 0.2) is 41.4 Å². The molecular weight excluding hydrogens is 290 g/mol. The monoisotopic (exact) mass is 300 g/mol. The zero-order valence-electron chi connectivity index (χ0n) is 10.0. The predicted octanol–water partition coefficient (Wildman–Crippen LogP) is 1.65.